The highest BCUT2D eigenvalue weighted by Gasteiger charge is 2.57. The highest BCUT2D eigenvalue weighted by atomic mass is 28.3. The second-order valence-corrected chi connectivity index (χ2v) is 19.7. The van der Waals surface area contributed by atoms with E-state index in [4.69, 9.17) is 0 Å². The predicted octanol–water partition coefficient (Wildman–Crippen LogP) is 4.58. The Hall–Kier alpha value is 0.394. The Morgan fingerprint density at radius 1 is 0.722 bits per heavy atom. The summed E-state index contributed by atoms with van der Waals surface area (Å²) in [4.78, 5) is 0. The molecule has 18 heavy (non-hydrogen) atoms. The first-order valence-corrected chi connectivity index (χ1v) is 15.0. The van der Waals surface area contributed by atoms with Gasteiger partial charge in [0.05, 0.1) is 22.3 Å². The lowest BCUT2D eigenvalue weighted by atomic mass is 9.81. The van der Waals surface area contributed by atoms with Gasteiger partial charge in [-0.3, -0.25) is 0 Å². The molecule has 106 valence electrons. The number of fused-ring (bicyclic) bond motifs is 1. The van der Waals surface area contributed by atoms with E-state index in [1.165, 1.54) is 25.7 Å². The maximum absolute atomic E-state index is 11.0. The molecule has 0 spiro atoms. The molecule has 0 heterocycles. The van der Waals surface area contributed by atoms with Crippen molar-refractivity contribution in [2.75, 3.05) is 0 Å². The molecule has 0 aromatic carbocycles. The molecule has 5 atom stereocenters. The highest BCUT2D eigenvalue weighted by Crippen LogP contribution is 2.60. The van der Waals surface area contributed by atoms with Crippen molar-refractivity contribution in [1.82, 2.24) is 0 Å². The first-order chi connectivity index (χ1) is 8.14. The molecule has 2 saturated carbocycles. The lowest BCUT2D eigenvalue weighted by Gasteiger charge is -2.37. The van der Waals surface area contributed by atoms with E-state index >= 15 is 0 Å². The van der Waals surface area contributed by atoms with Crippen molar-refractivity contribution in [3.8, 4) is 0 Å². The molecule has 1 N–H and O–H groups in total. The van der Waals surface area contributed by atoms with Crippen LogP contribution in [0.2, 0.25) is 50.4 Å². The van der Waals surface area contributed by atoms with Gasteiger partial charge in [-0.2, -0.15) is 0 Å². The van der Waals surface area contributed by atoms with Gasteiger partial charge in [-0.25, -0.2) is 0 Å². The summed E-state index contributed by atoms with van der Waals surface area (Å²) in [6, 6.07) is 0. The summed E-state index contributed by atoms with van der Waals surface area (Å²) in [5, 5.41) is 11.0. The van der Waals surface area contributed by atoms with E-state index in [1.54, 1.807) is 0 Å². The van der Waals surface area contributed by atoms with E-state index in [0.29, 0.717) is 11.1 Å². The van der Waals surface area contributed by atoms with E-state index in [-0.39, 0.29) is 6.10 Å². The zero-order chi connectivity index (χ0) is 13.7. The molecule has 2 aliphatic carbocycles. The predicted molar refractivity (Wildman–Crippen MR) is 85.6 cm³/mol. The third-order valence-electron chi connectivity index (χ3n) is 5.53. The second kappa shape index (κ2) is 4.74. The maximum Gasteiger partial charge on any atom is 0.0554 e. The molecule has 2 fully saturated rings. The second-order valence-electron chi connectivity index (χ2n) is 8.89. The van der Waals surface area contributed by atoms with E-state index < -0.39 is 16.1 Å². The van der Waals surface area contributed by atoms with E-state index in [0.717, 1.165) is 11.8 Å². The molecule has 0 aromatic heterocycles. The van der Waals surface area contributed by atoms with Crippen LogP contribution in [0.1, 0.15) is 25.7 Å². The highest BCUT2D eigenvalue weighted by molar-refractivity contribution is 6.80. The average molecular weight is 285 g/mol. The van der Waals surface area contributed by atoms with Gasteiger partial charge in [-0.05, 0) is 22.9 Å². The summed E-state index contributed by atoms with van der Waals surface area (Å²) in [6.07, 6.45) is 5.65. The van der Waals surface area contributed by atoms with Crippen LogP contribution in [-0.4, -0.2) is 27.4 Å². The molecular formula is C15H32OSi2. The lowest BCUT2D eigenvalue weighted by Crippen LogP contribution is -2.41. The number of hydrogen-bond acceptors (Lipinski definition) is 1. The normalized spacial score (nSPS) is 41.8. The smallest absolute Gasteiger partial charge is 0.0554 e. The standard InChI is InChI=1S/C15H32OSi2/c1-17(2,3)14-11-9-7-8-10-12(11)15(13(14)16)18(4,5)6/h11-16H,7-10H2,1-6H3/t11-,12?,13?,14-,15?/m0/s1. The van der Waals surface area contributed by atoms with Crippen LogP contribution >= 0.6 is 0 Å². The van der Waals surface area contributed by atoms with Crippen molar-refractivity contribution in [2.45, 2.75) is 82.2 Å². The van der Waals surface area contributed by atoms with Crippen LogP contribution in [-0.2, 0) is 0 Å². The maximum atomic E-state index is 11.0. The molecule has 3 unspecified atom stereocenters. The van der Waals surface area contributed by atoms with Crippen LogP contribution in [0.3, 0.4) is 0 Å². The summed E-state index contributed by atoms with van der Waals surface area (Å²) in [5.41, 5.74) is 1.33. The van der Waals surface area contributed by atoms with Crippen molar-refractivity contribution < 1.29 is 5.11 Å². The van der Waals surface area contributed by atoms with Crippen LogP contribution < -0.4 is 0 Å². The Bertz CT molecular complexity index is 273. The zero-order valence-corrected chi connectivity index (χ0v) is 15.2. The summed E-state index contributed by atoms with van der Waals surface area (Å²) < 4.78 is 0. The number of aliphatic hydroxyl groups excluding tert-OH is 1. The van der Waals surface area contributed by atoms with E-state index in [1.807, 2.05) is 0 Å². The first-order valence-electron chi connectivity index (χ1n) is 7.82. The van der Waals surface area contributed by atoms with Gasteiger partial charge in [0.25, 0.3) is 0 Å². The summed E-state index contributed by atoms with van der Waals surface area (Å²) in [7, 11) is -2.49. The molecule has 0 radical (unpaired) electrons. The molecule has 2 aliphatic rings. The minimum atomic E-state index is -1.24. The Morgan fingerprint density at radius 2 is 1.06 bits per heavy atom. The van der Waals surface area contributed by atoms with Crippen LogP contribution in [0.15, 0.2) is 0 Å². The fourth-order valence-corrected chi connectivity index (χ4v) is 11.2. The molecule has 0 bridgehead atoms. The molecule has 1 nitrogen and oxygen atoms in total. The largest absolute Gasteiger partial charge is 0.393 e. The molecule has 0 aliphatic heterocycles. The molecule has 0 aromatic rings. The van der Waals surface area contributed by atoms with Crippen molar-refractivity contribution in [3.05, 3.63) is 0 Å². The summed E-state index contributed by atoms with van der Waals surface area (Å²) in [6.45, 7) is 14.8. The van der Waals surface area contributed by atoms with Gasteiger partial charge < -0.3 is 5.11 Å². The molecule has 0 amide bonds. The topological polar surface area (TPSA) is 20.2 Å². The Labute approximate surface area is 115 Å². The van der Waals surface area contributed by atoms with Gasteiger partial charge in [-0.1, -0.05) is 65.0 Å². The van der Waals surface area contributed by atoms with Crippen LogP contribution in [0.25, 0.3) is 0 Å². The zero-order valence-electron chi connectivity index (χ0n) is 13.2. The third kappa shape index (κ3) is 2.50. The van der Waals surface area contributed by atoms with Crippen molar-refractivity contribution >= 4 is 16.1 Å². The first kappa shape index (κ1) is 14.8. The fourth-order valence-electron chi connectivity index (χ4n) is 5.12. The molecule has 3 heteroatoms. The van der Waals surface area contributed by atoms with Crippen molar-refractivity contribution in [2.24, 2.45) is 11.8 Å². The minimum Gasteiger partial charge on any atom is -0.393 e. The summed E-state index contributed by atoms with van der Waals surface area (Å²) >= 11 is 0. The number of hydrogen-bond donors (Lipinski definition) is 1. The third-order valence-corrected chi connectivity index (χ3v) is 11.1. The quantitative estimate of drug-likeness (QED) is 0.736. The number of rotatable bonds is 2. The molecule has 2 rings (SSSR count). The van der Waals surface area contributed by atoms with Gasteiger partial charge in [0.15, 0.2) is 0 Å². The Kier molecular flexibility index (Phi) is 3.90. The van der Waals surface area contributed by atoms with E-state index in [2.05, 4.69) is 39.3 Å². The minimum absolute atomic E-state index is 0.0245. The van der Waals surface area contributed by atoms with Crippen LogP contribution in [0.5, 0.6) is 0 Å². The van der Waals surface area contributed by atoms with Gasteiger partial charge in [-0.15, -0.1) is 0 Å². The van der Waals surface area contributed by atoms with Gasteiger partial charge in [0.1, 0.15) is 0 Å². The monoisotopic (exact) mass is 284 g/mol. The summed E-state index contributed by atoms with van der Waals surface area (Å²) in [5.74, 6) is 1.72. The van der Waals surface area contributed by atoms with Gasteiger partial charge in [0.2, 0.25) is 0 Å². The number of aliphatic hydroxyl groups is 1. The van der Waals surface area contributed by atoms with Crippen molar-refractivity contribution in [1.29, 1.82) is 0 Å². The Balaban J connectivity index is 2.34. The fraction of sp³-hybridized carbons (Fsp3) is 1.00. The molecular weight excluding hydrogens is 252 g/mol. The molecule has 0 saturated heterocycles. The van der Waals surface area contributed by atoms with Gasteiger partial charge >= 0.3 is 0 Å². The van der Waals surface area contributed by atoms with Crippen LogP contribution in [0.4, 0.5) is 0 Å². The van der Waals surface area contributed by atoms with E-state index in [9.17, 15) is 5.11 Å². The van der Waals surface area contributed by atoms with Gasteiger partial charge in [0, 0.05) is 0 Å². The van der Waals surface area contributed by atoms with Crippen molar-refractivity contribution in [3.63, 3.8) is 0 Å². The van der Waals surface area contributed by atoms with Crippen LogP contribution in [0, 0.1) is 11.8 Å². The SMILES string of the molecule is C[Si](C)(C)C1C(O)[C@@H]([Si](C)(C)C)[C@H]2CCCCC12. The Morgan fingerprint density at radius 3 is 1.33 bits per heavy atom. The average Bonchev–Trinajstić information content (AvgIpc) is 2.47. The lowest BCUT2D eigenvalue weighted by molar-refractivity contribution is 0.170.